The number of esters is 1. The first-order valence-electron chi connectivity index (χ1n) is 10.0. The molecule has 2 atom stereocenters. The summed E-state index contributed by atoms with van der Waals surface area (Å²) < 4.78 is 16.5. The Kier molecular flexibility index (Phi) is 12.1. The van der Waals surface area contributed by atoms with E-state index in [0.717, 1.165) is 37.7 Å². The van der Waals surface area contributed by atoms with E-state index in [9.17, 15) is 14.1 Å². The van der Waals surface area contributed by atoms with Crippen LogP contribution in [0.2, 0.25) is 0 Å². The molecule has 0 saturated carbocycles. The highest BCUT2D eigenvalue weighted by molar-refractivity contribution is 7.95. The van der Waals surface area contributed by atoms with Crippen molar-refractivity contribution in [1.82, 2.24) is 0 Å². The molecule has 0 aromatic rings. The van der Waals surface area contributed by atoms with Gasteiger partial charge in [-0.25, -0.2) is 0 Å². The maximum atomic E-state index is 12.6. The van der Waals surface area contributed by atoms with Crippen LogP contribution in [0.3, 0.4) is 0 Å². The van der Waals surface area contributed by atoms with Crippen molar-refractivity contribution >= 4 is 22.9 Å². The molecule has 4 nitrogen and oxygen atoms in total. The number of carbonyl (C=O) groups excluding carboxylic acids is 2. The number of carbonyl (C=O) groups is 2. The molecule has 1 aliphatic rings. The Labute approximate surface area is 167 Å². The van der Waals surface area contributed by atoms with Gasteiger partial charge in [0.25, 0.3) is 0 Å². The minimum Gasteiger partial charge on any atom is -0.612 e. The van der Waals surface area contributed by atoms with E-state index in [-0.39, 0.29) is 17.7 Å². The van der Waals surface area contributed by atoms with E-state index in [2.05, 4.69) is 23.8 Å². The maximum absolute atomic E-state index is 12.6. The van der Waals surface area contributed by atoms with Crippen LogP contribution >= 0.6 is 0 Å². The Bertz CT molecular complexity index is 561. The van der Waals surface area contributed by atoms with Crippen LogP contribution in [-0.2, 0) is 25.5 Å². The van der Waals surface area contributed by atoms with E-state index >= 15 is 0 Å². The molecule has 0 radical (unpaired) electrons. The molecule has 0 heterocycles. The molecular formula is C22H34O4S. The van der Waals surface area contributed by atoms with Gasteiger partial charge in [-0.2, -0.15) is 0 Å². The summed E-state index contributed by atoms with van der Waals surface area (Å²) in [6.45, 7) is 2.20. The number of unbranched alkanes of at least 4 members (excludes halogenated alkanes) is 7. The van der Waals surface area contributed by atoms with Crippen molar-refractivity contribution in [2.24, 2.45) is 5.92 Å². The van der Waals surface area contributed by atoms with Crippen molar-refractivity contribution in [1.29, 1.82) is 0 Å². The van der Waals surface area contributed by atoms with Gasteiger partial charge in [-0.1, -0.05) is 50.8 Å². The van der Waals surface area contributed by atoms with E-state index < -0.39 is 11.2 Å². The third-order valence-electron chi connectivity index (χ3n) is 4.73. The quantitative estimate of drug-likeness (QED) is 0.145. The molecule has 152 valence electrons. The number of hydrogen-bond donors (Lipinski definition) is 0. The van der Waals surface area contributed by atoms with Crippen LogP contribution in [0.4, 0.5) is 0 Å². The van der Waals surface area contributed by atoms with Crippen molar-refractivity contribution < 1.29 is 18.9 Å². The van der Waals surface area contributed by atoms with Crippen molar-refractivity contribution in [3.63, 3.8) is 0 Å². The summed E-state index contributed by atoms with van der Waals surface area (Å²) in [5, 5.41) is 0. The maximum Gasteiger partial charge on any atom is 0.305 e. The van der Waals surface area contributed by atoms with E-state index in [0.29, 0.717) is 11.3 Å². The highest BCUT2D eigenvalue weighted by Gasteiger charge is 2.34. The van der Waals surface area contributed by atoms with E-state index in [4.69, 9.17) is 0 Å². The molecule has 1 aliphatic carbocycles. The Morgan fingerprint density at radius 2 is 1.89 bits per heavy atom. The van der Waals surface area contributed by atoms with Gasteiger partial charge in [-0.05, 0) is 49.4 Å². The minimum absolute atomic E-state index is 0.0577. The number of Topliss-reactive ketones (excluding diaryl/α,β-unsaturated/α-hetero) is 1. The zero-order chi connectivity index (χ0) is 20.1. The summed E-state index contributed by atoms with van der Waals surface area (Å²) in [5.74, 6) is -0.314. The van der Waals surface area contributed by atoms with Gasteiger partial charge in [0.15, 0.2) is 4.91 Å². The molecule has 27 heavy (non-hydrogen) atoms. The van der Waals surface area contributed by atoms with Crippen LogP contribution in [0.1, 0.15) is 71.1 Å². The highest BCUT2D eigenvalue weighted by Crippen LogP contribution is 2.31. The number of allylic oxidation sites excluding steroid dienone is 6. The first kappa shape index (κ1) is 23.7. The number of ketones is 1. The molecular weight excluding hydrogens is 360 g/mol. The molecule has 0 aliphatic heterocycles. The second-order valence-corrected chi connectivity index (χ2v) is 8.30. The number of rotatable bonds is 13. The summed E-state index contributed by atoms with van der Waals surface area (Å²) in [7, 11) is 1.40. The van der Waals surface area contributed by atoms with E-state index in [1.165, 1.54) is 32.8 Å². The lowest BCUT2D eigenvalue weighted by Gasteiger charge is -2.06. The normalized spacial score (nSPS) is 19.7. The molecule has 0 aromatic carbocycles. The molecule has 0 N–H and O–H groups in total. The lowest BCUT2D eigenvalue weighted by atomic mass is 9.98. The van der Waals surface area contributed by atoms with Gasteiger partial charge >= 0.3 is 5.97 Å². The minimum atomic E-state index is -1.26. The predicted octanol–water partition coefficient (Wildman–Crippen LogP) is 5.02. The second kappa shape index (κ2) is 13.8. The first-order chi connectivity index (χ1) is 13.0. The van der Waals surface area contributed by atoms with Gasteiger partial charge in [0, 0.05) is 17.9 Å². The number of hydrogen-bond acceptors (Lipinski definition) is 4. The van der Waals surface area contributed by atoms with Gasteiger partial charge in [0.1, 0.15) is 6.26 Å². The lowest BCUT2D eigenvalue weighted by Crippen LogP contribution is -2.10. The van der Waals surface area contributed by atoms with Crippen LogP contribution in [-0.4, -0.2) is 29.7 Å². The largest absolute Gasteiger partial charge is 0.612 e. The molecule has 0 amide bonds. The Morgan fingerprint density at radius 3 is 2.56 bits per heavy atom. The molecule has 0 bridgehead atoms. The molecule has 0 spiro atoms. The summed E-state index contributed by atoms with van der Waals surface area (Å²) >= 11 is -1.26. The third kappa shape index (κ3) is 8.93. The average Bonchev–Trinajstić information content (AvgIpc) is 2.96. The smallest absolute Gasteiger partial charge is 0.305 e. The average molecular weight is 395 g/mol. The van der Waals surface area contributed by atoms with Crippen LogP contribution in [0.25, 0.3) is 0 Å². The zero-order valence-corrected chi connectivity index (χ0v) is 17.8. The van der Waals surface area contributed by atoms with Crippen molar-refractivity contribution in [3.05, 3.63) is 34.8 Å². The summed E-state index contributed by atoms with van der Waals surface area (Å²) in [6, 6.07) is 0. The predicted molar refractivity (Wildman–Crippen MR) is 112 cm³/mol. The second-order valence-electron chi connectivity index (χ2n) is 6.95. The number of methoxy groups -OCH3 is 1. The third-order valence-corrected chi connectivity index (χ3v) is 5.67. The van der Waals surface area contributed by atoms with Gasteiger partial charge in [0.05, 0.1) is 7.11 Å². The Balaban J connectivity index is 2.55. The molecule has 0 saturated heterocycles. The van der Waals surface area contributed by atoms with Gasteiger partial charge in [-0.15, -0.1) is 0 Å². The van der Waals surface area contributed by atoms with Crippen LogP contribution in [0, 0.1) is 5.92 Å². The zero-order valence-electron chi connectivity index (χ0n) is 17.0. The molecule has 5 heteroatoms. The van der Waals surface area contributed by atoms with Crippen LogP contribution in [0.15, 0.2) is 34.8 Å². The van der Waals surface area contributed by atoms with E-state index in [1.807, 2.05) is 12.2 Å². The molecule has 0 fully saturated rings. The van der Waals surface area contributed by atoms with Crippen molar-refractivity contribution in [2.75, 3.05) is 13.4 Å². The summed E-state index contributed by atoms with van der Waals surface area (Å²) in [4.78, 5) is 24.1. The highest BCUT2D eigenvalue weighted by atomic mass is 32.2. The molecule has 2 unspecified atom stereocenters. The monoisotopic (exact) mass is 394 g/mol. The summed E-state index contributed by atoms with van der Waals surface area (Å²) in [5.41, 5.74) is 0.748. The lowest BCUT2D eigenvalue weighted by molar-refractivity contribution is -0.140. The van der Waals surface area contributed by atoms with Gasteiger partial charge in [-0.3, -0.25) is 9.59 Å². The fourth-order valence-corrected chi connectivity index (χ4v) is 3.84. The summed E-state index contributed by atoms with van der Waals surface area (Å²) in [6.07, 6.45) is 19.4. The van der Waals surface area contributed by atoms with Gasteiger partial charge < -0.3 is 9.29 Å². The topological polar surface area (TPSA) is 66.4 Å². The number of ether oxygens (including phenoxy) is 1. The van der Waals surface area contributed by atoms with E-state index in [1.54, 1.807) is 6.26 Å². The van der Waals surface area contributed by atoms with Crippen molar-refractivity contribution in [3.8, 4) is 0 Å². The van der Waals surface area contributed by atoms with Crippen molar-refractivity contribution in [2.45, 2.75) is 71.1 Å². The first-order valence-corrected chi connectivity index (χ1v) is 11.6. The Morgan fingerprint density at radius 1 is 1.19 bits per heavy atom. The van der Waals surface area contributed by atoms with Gasteiger partial charge in [0.2, 0.25) is 5.78 Å². The SMILES string of the molecule is CCCCCC/C=C/C1C=C([S+](C)[O-])C(=O)/C1=C\CCCCCC(=O)OC. The molecule has 0 aromatic heterocycles. The van der Waals surface area contributed by atoms with Crippen LogP contribution < -0.4 is 0 Å². The van der Waals surface area contributed by atoms with Crippen LogP contribution in [0.5, 0.6) is 0 Å². The fraction of sp³-hybridized carbons (Fsp3) is 0.636. The standard InChI is InChI=1S/C22H34O4S/c1-4-5-6-7-8-11-14-18-17-20(27(3)25)22(24)19(18)15-12-9-10-13-16-21(23)26-2/h11,14-15,17-18H,4-10,12-13,16H2,1-3H3/b14-11+,19-15-. The Hall–Kier alpha value is -1.33. The molecule has 1 rings (SSSR count). The fourth-order valence-electron chi connectivity index (χ4n) is 3.12.